The number of aromatic nitrogens is 2. The molecular formula is C10H18N4O. The Balaban J connectivity index is 2.52. The largest absolute Gasteiger partial charge is 0.350 e. The quantitative estimate of drug-likeness (QED) is 0.675. The first-order chi connectivity index (χ1) is 6.97. The molecule has 0 saturated heterocycles. The number of carbonyl (C=O) groups is 1. The highest BCUT2D eigenvalue weighted by Crippen LogP contribution is 2.06. The molecule has 0 radical (unpaired) electrons. The monoisotopic (exact) mass is 210 g/mol. The van der Waals surface area contributed by atoms with Crippen LogP contribution in [-0.2, 0) is 11.3 Å². The molecule has 0 fully saturated rings. The Hall–Kier alpha value is -1.36. The fraction of sp³-hybridized carbons (Fsp3) is 0.600. The summed E-state index contributed by atoms with van der Waals surface area (Å²) in [5, 5.41) is 9.48. The van der Waals surface area contributed by atoms with Crippen LogP contribution < -0.4 is 11.1 Å². The number of nitrogens with one attached hydrogen (secondary N) is 2. The Kier molecular flexibility index (Phi) is 3.47. The molecule has 1 aromatic rings. The highest BCUT2D eigenvalue weighted by Gasteiger charge is 2.25. The van der Waals surface area contributed by atoms with Crippen molar-refractivity contribution in [2.75, 3.05) is 0 Å². The van der Waals surface area contributed by atoms with Crippen molar-refractivity contribution in [2.24, 2.45) is 5.73 Å². The van der Waals surface area contributed by atoms with Gasteiger partial charge in [0.25, 0.3) is 0 Å². The van der Waals surface area contributed by atoms with Gasteiger partial charge < -0.3 is 11.1 Å². The molecule has 0 aromatic carbocycles. The van der Waals surface area contributed by atoms with Crippen LogP contribution in [0.15, 0.2) is 6.20 Å². The molecule has 5 nitrogen and oxygen atoms in total. The number of hydrogen-bond donors (Lipinski definition) is 3. The SMILES string of the molecule is CCC(C)(N)C(=O)NCc1cn[nH]c1C. The van der Waals surface area contributed by atoms with E-state index in [0.717, 1.165) is 11.3 Å². The first-order valence-electron chi connectivity index (χ1n) is 5.03. The third-order valence-electron chi connectivity index (χ3n) is 2.63. The highest BCUT2D eigenvalue weighted by molar-refractivity contribution is 5.85. The van der Waals surface area contributed by atoms with Crippen LogP contribution in [0.3, 0.4) is 0 Å². The summed E-state index contributed by atoms with van der Waals surface area (Å²) in [6.07, 6.45) is 2.32. The van der Waals surface area contributed by atoms with E-state index in [1.807, 2.05) is 13.8 Å². The van der Waals surface area contributed by atoms with Crippen molar-refractivity contribution >= 4 is 5.91 Å². The van der Waals surface area contributed by atoms with Crippen LogP contribution in [0.2, 0.25) is 0 Å². The Labute approximate surface area is 89.4 Å². The van der Waals surface area contributed by atoms with Crippen molar-refractivity contribution in [3.05, 3.63) is 17.5 Å². The second-order valence-corrected chi connectivity index (χ2v) is 3.97. The lowest BCUT2D eigenvalue weighted by Gasteiger charge is -2.21. The molecule has 5 heteroatoms. The maximum absolute atomic E-state index is 11.6. The molecule has 1 unspecified atom stereocenters. The van der Waals surface area contributed by atoms with E-state index >= 15 is 0 Å². The average molecular weight is 210 g/mol. The van der Waals surface area contributed by atoms with Crippen LogP contribution in [0.1, 0.15) is 31.5 Å². The number of hydrogen-bond acceptors (Lipinski definition) is 3. The second kappa shape index (κ2) is 4.44. The van der Waals surface area contributed by atoms with Crippen LogP contribution in [-0.4, -0.2) is 21.6 Å². The van der Waals surface area contributed by atoms with Gasteiger partial charge in [0.2, 0.25) is 5.91 Å². The van der Waals surface area contributed by atoms with Gasteiger partial charge in [-0.1, -0.05) is 6.92 Å². The predicted octanol–water partition coefficient (Wildman–Crippen LogP) is 0.462. The molecular weight excluding hydrogens is 192 g/mol. The number of amides is 1. The number of rotatable bonds is 4. The number of nitrogens with zero attached hydrogens (tertiary/aromatic N) is 1. The predicted molar refractivity (Wildman–Crippen MR) is 58.1 cm³/mol. The third kappa shape index (κ3) is 2.79. The van der Waals surface area contributed by atoms with Gasteiger partial charge in [0.05, 0.1) is 11.7 Å². The van der Waals surface area contributed by atoms with Gasteiger partial charge >= 0.3 is 0 Å². The van der Waals surface area contributed by atoms with Crippen LogP contribution in [0.25, 0.3) is 0 Å². The summed E-state index contributed by atoms with van der Waals surface area (Å²) in [6.45, 7) is 6.00. The molecule has 84 valence electrons. The van der Waals surface area contributed by atoms with E-state index in [1.165, 1.54) is 0 Å². The summed E-state index contributed by atoms with van der Waals surface area (Å²) in [7, 11) is 0. The lowest BCUT2D eigenvalue weighted by Crippen LogP contribution is -2.50. The maximum Gasteiger partial charge on any atom is 0.240 e. The summed E-state index contributed by atoms with van der Waals surface area (Å²) in [5.41, 5.74) is 6.95. The highest BCUT2D eigenvalue weighted by atomic mass is 16.2. The fourth-order valence-electron chi connectivity index (χ4n) is 1.09. The van der Waals surface area contributed by atoms with E-state index in [-0.39, 0.29) is 5.91 Å². The smallest absolute Gasteiger partial charge is 0.240 e. The van der Waals surface area contributed by atoms with Crippen molar-refractivity contribution in [3.63, 3.8) is 0 Å². The molecule has 1 atom stereocenters. The van der Waals surface area contributed by atoms with Gasteiger partial charge in [-0.3, -0.25) is 9.89 Å². The van der Waals surface area contributed by atoms with E-state index in [1.54, 1.807) is 13.1 Å². The minimum atomic E-state index is -0.794. The minimum Gasteiger partial charge on any atom is -0.350 e. The molecule has 0 saturated carbocycles. The number of nitrogens with two attached hydrogens (primary N) is 1. The second-order valence-electron chi connectivity index (χ2n) is 3.97. The van der Waals surface area contributed by atoms with Crippen molar-refractivity contribution in [1.82, 2.24) is 15.5 Å². The normalized spacial score (nSPS) is 14.7. The Morgan fingerprint density at radius 3 is 2.87 bits per heavy atom. The van der Waals surface area contributed by atoms with Crippen molar-refractivity contribution in [3.8, 4) is 0 Å². The van der Waals surface area contributed by atoms with Crippen LogP contribution >= 0.6 is 0 Å². The van der Waals surface area contributed by atoms with Crippen LogP contribution in [0.4, 0.5) is 0 Å². The molecule has 1 aromatic heterocycles. The number of aromatic amines is 1. The van der Waals surface area contributed by atoms with Gasteiger partial charge in [-0.25, -0.2) is 0 Å². The maximum atomic E-state index is 11.6. The summed E-state index contributed by atoms with van der Waals surface area (Å²) < 4.78 is 0. The molecule has 0 spiro atoms. The van der Waals surface area contributed by atoms with Gasteiger partial charge in [0.1, 0.15) is 0 Å². The first kappa shape index (κ1) is 11.7. The summed E-state index contributed by atoms with van der Waals surface area (Å²) in [5.74, 6) is -0.134. The molecule has 0 aliphatic rings. The fourth-order valence-corrected chi connectivity index (χ4v) is 1.09. The van der Waals surface area contributed by atoms with Gasteiger partial charge in [-0.2, -0.15) is 5.10 Å². The van der Waals surface area contributed by atoms with Gasteiger partial charge in [-0.15, -0.1) is 0 Å². The van der Waals surface area contributed by atoms with E-state index in [4.69, 9.17) is 5.73 Å². The minimum absolute atomic E-state index is 0.134. The van der Waals surface area contributed by atoms with Crippen molar-refractivity contribution < 1.29 is 4.79 Å². The Morgan fingerprint density at radius 2 is 2.40 bits per heavy atom. The average Bonchev–Trinajstić information content (AvgIpc) is 2.60. The lowest BCUT2D eigenvalue weighted by molar-refractivity contribution is -0.126. The van der Waals surface area contributed by atoms with Gasteiger partial charge in [0, 0.05) is 17.8 Å². The van der Waals surface area contributed by atoms with E-state index in [2.05, 4.69) is 15.5 Å². The summed E-state index contributed by atoms with van der Waals surface area (Å²) in [4.78, 5) is 11.6. The summed E-state index contributed by atoms with van der Waals surface area (Å²) >= 11 is 0. The molecule has 0 aliphatic carbocycles. The van der Waals surface area contributed by atoms with E-state index in [9.17, 15) is 4.79 Å². The van der Waals surface area contributed by atoms with Crippen LogP contribution in [0, 0.1) is 6.92 Å². The zero-order chi connectivity index (χ0) is 11.5. The lowest BCUT2D eigenvalue weighted by atomic mass is 9.99. The number of carbonyl (C=O) groups excluding carboxylic acids is 1. The first-order valence-corrected chi connectivity index (χ1v) is 5.03. The molecule has 0 bridgehead atoms. The van der Waals surface area contributed by atoms with Crippen molar-refractivity contribution in [2.45, 2.75) is 39.3 Å². The molecule has 0 aliphatic heterocycles. The van der Waals surface area contributed by atoms with Gasteiger partial charge in [-0.05, 0) is 20.3 Å². The van der Waals surface area contributed by atoms with Gasteiger partial charge in [0.15, 0.2) is 0 Å². The van der Waals surface area contributed by atoms with Crippen molar-refractivity contribution in [1.29, 1.82) is 0 Å². The summed E-state index contributed by atoms with van der Waals surface area (Å²) in [6, 6.07) is 0. The third-order valence-corrected chi connectivity index (χ3v) is 2.63. The standard InChI is InChI=1S/C10H18N4O/c1-4-10(3,11)9(15)12-5-8-6-13-14-7(8)2/h6H,4-5,11H2,1-3H3,(H,12,15)(H,13,14). The van der Waals surface area contributed by atoms with Crippen LogP contribution in [0.5, 0.6) is 0 Å². The molecule has 1 rings (SSSR count). The number of aryl methyl sites for hydroxylation is 1. The topological polar surface area (TPSA) is 83.8 Å². The molecule has 1 heterocycles. The molecule has 1 amide bonds. The van der Waals surface area contributed by atoms with E-state index < -0.39 is 5.54 Å². The van der Waals surface area contributed by atoms with E-state index in [0.29, 0.717) is 13.0 Å². The molecule has 15 heavy (non-hydrogen) atoms. The Bertz CT molecular complexity index is 343. The zero-order valence-corrected chi connectivity index (χ0v) is 9.42. The zero-order valence-electron chi connectivity index (χ0n) is 9.42. The molecule has 4 N–H and O–H groups in total. The number of H-pyrrole nitrogens is 1. The Morgan fingerprint density at radius 1 is 1.73 bits per heavy atom.